The Balaban J connectivity index is 1.96. The smallest absolute Gasteiger partial charge is 0.350 e. The lowest BCUT2D eigenvalue weighted by atomic mass is 10.2. The van der Waals surface area contributed by atoms with Crippen molar-refractivity contribution in [3.05, 3.63) is 69.9 Å². The number of fused-ring (bicyclic) bond motifs is 1. The summed E-state index contributed by atoms with van der Waals surface area (Å²) >= 11 is 2.61. The van der Waals surface area contributed by atoms with Crippen molar-refractivity contribution < 1.29 is 14.3 Å². The lowest BCUT2D eigenvalue weighted by Gasteiger charge is -2.18. The molecule has 30 heavy (non-hydrogen) atoms. The predicted molar refractivity (Wildman–Crippen MR) is 124 cm³/mol. The van der Waals surface area contributed by atoms with Gasteiger partial charge in [-0.1, -0.05) is 12.2 Å². The van der Waals surface area contributed by atoms with Gasteiger partial charge in [-0.15, -0.1) is 35.8 Å². The van der Waals surface area contributed by atoms with E-state index in [-0.39, 0.29) is 5.91 Å². The average Bonchev–Trinajstić information content (AvgIpc) is 3.31. The molecule has 3 heterocycles. The summed E-state index contributed by atoms with van der Waals surface area (Å²) in [4.78, 5) is 34.5. The van der Waals surface area contributed by atoms with Crippen LogP contribution in [-0.2, 0) is 11.3 Å². The molecule has 3 aromatic rings. The molecule has 0 bridgehead atoms. The monoisotopic (exact) mass is 441 g/mol. The molecule has 8 heteroatoms. The second-order valence-corrected chi connectivity index (χ2v) is 8.88. The number of carbonyl (C=O) groups excluding carboxylic acids is 2. The molecule has 0 atom stereocenters. The van der Waals surface area contributed by atoms with E-state index in [9.17, 15) is 9.59 Å². The van der Waals surface area contributed by atoms with E-state index in [0.29, 0.717) is 45.3 Å². The molecule has 0 aromatic carbocycles. The Kier molecular flexibility index (Phi) is 7.15. The molecule has 0 saturated carbocycles. The molecule has 3 rings (SSSR count). The molecule has 3 aromatic heterocycles. The van der Waals surface area contributed by atoms with Gasteiger partial charge >= 0.3 is 5.97 Å². The zero-order valence-corrected chi connectivity index (χ0v) is 18.6. The number of pyridine rings is 1. The average molecular weight is 442 g/mol. The zero-order valence-electron chi connectivity index (χ0n) is 16.9. The van der Waals surface area contributed by atoms with Crippen molar-refractivity contribution in [2.45, 2.75) is 13.5 Å². The largest absolute Gasteiger partial charge is 0.465 e. The Hall–Kier alpha value is -2.81. The van der Waals surface area contributed by atoms with Gasteiger partial charge in [0.15, 0.2) is 0 Å². The summed E-state index contributed by atoms with van der Waals surface area (Å²) < 4.78 is 4.92. The van der Waals surface area contributed by atoms with Gasteiger partial charge in [-0.25, -0.2) is 9.78 Å². The van der Waals surface area contributed by atoms with E-state index < -0.39 is 5.97 Å². The van der Waals surface area contributed by atoms with E-state index in [0.717, 1.165) is 10.6 Å². The van der Waals surface area contributed by atoms with Crippen molar-refractivity contribution in [3.63, 3.8) is 0 Å². The number of hydrogen-bond donors (Lipinski definition) is 1. The minimum Gasteiger partial charge on any atom is -0.465 e. The van der Waals surface area contributed by atoms with Crippen molar-refractivity contribution in [2.24, 2.45) is 0 Å². The van der Waals surface area contributed by atoms with Crippen molar-refractivity contribution in [1.29, 1.82) is 0 Å². The van der Waals surface area contributed by atoms with Crippen LogP contribution in [0.25, 0.3) is 10.2 Å². The molecule has 0 saturated heterocycles. The first kappa shape index (κ1) is 21.9. The number of aryl methyl sites for hydroxylation is 1. The maximum absolute atomic E-state index is 12.7. The molecule has 0 aliphatic heterocycles. The summed E-state index contributed by atoms with van der Waals surface area (Å²) in [7, 11) is 1.32. The molecule has 0 unspecified atom stereocenters. The third-order valence-corrected chi connectivity index (χ3v) is 6.43. The summed E-state index contributed by atoms with van der Waals surface area (Å²) in [5.74, 6) is -0.762. The second-order valence-electron chi connectivity index (χ2n) is 6.59. The number of esters is 1. The van der Waals surface area contributed by atoms with E-state index >= 15 is 0 Å². The Morgan fingerprint density at radius 2 is 1.90 bits per heavy atom. The van der Waals surface area contributed by atoms with E-state index in [4.69, 9.17) is 9.72 Å². The van der Waals surface area contributed by atoms with Crippen molar-refractivity contribution >= 4 is 50.5 Å². The fourth-order valence-electron chi connectivity index (χ4n) is 2.99. The SMILES string of the molecule is C=CCN(CC=C)Cc1ccc2c(NC(=O)c3ccc(C)s3)c(C(=O)OC)sc2n1. The molecule has 0 aliphatic carbocycles. The number of methoxy groups -OCH3 is 1. The number of nitrogens with zero attached hydrogens (tertiary/aromatic N) is 2. The van der Waals surface area contributed by atoms with Crippen LogP contribution < -0.4 is 5.32 Å². The number of aromatic nitrogens is 1. The lowest BCUT2D eigenvalue weighted by molar-refractivity contribution is 0.0607. The molecule has 1 N–H and O–H groups in total. The van der Waals surface area contributed by atoms with Gasteiger partial charge in [0.25, 0.3) is 5.91 Å². The van der Waals surface area contributed by atoms with Crippen LogP contribution in [0.4, 0.5) is 5.69 Å². The molecule has 0 fully saturated rings. The summed E-state index contributed by atoms with van der Waals surface area (Å²) in [5.41, 5.74) is 1.29. The highest BCUT2D eigenvalue weighted by atomic mass is 32.1. The van der Waals surface area contributed by atoms with E-state index in [1.807, 2.05) is 37.3 Å². The third-order valence-electron chi connectivity index (χ3n) is 4.35. The fourth-order valence-corrected chi connectivity index (χ4v) is 4.82. The number of amides is 1. The number of nitrogens with one attached hydrogen (secondary N) is 1. The van der Waals surface area contributed by atoms with Crippen LogP contribution in [0.2, 0.25) is 0 Å². The lowest BCUT2D eigenvalue weighted by Crippen LogP contribution is -2.23. The number of anilines is 1. The van der Waals surface area contributed by atoms with Gasteiger partial charge < -0.3 is 10.1 Å². The highest BCUT2D eigenvalue weighted by Crippen LogP contribution is 2.36. The maximum Gasteiger partial charge on any atom is 0.350 e. The quantitative estimate of drug-likeness (QED) is 0.379. The molecular formula is C22H23N3O3S2. The summed E-state index contributed by atoms with van der Waals surface area (Å²) in [5, 5.41) is 3.60. The maximum atomic E-state index is 12.7. The van der Waals surface area contributed by atoms with Gasteiger partial charge in [-0.05, 0) is 31.2 Å². The molecule has 0 aliphatic rings. The Labute approximate surface area is 183 Å². The predicted octanol–water partition coefficient (Wildman–Crippen LogP) is 4.88. The summed E-state index contributed by atoms with van der Waals surface area (Å²) in [6.45, 7) is 11.6. The van der Waals surface area contributed by atoms with E-state index in [1.165, 1.54) is 29.8 Å². The molecular weight excluding hydrogens is 418 g/mol. The van der Waals surface area contributed by atoms with Crippen molar-refractivity contribution in [3.8, 4) is 0 Å². The van der Waals surface area contributed by atoms with Gasteiger partial charge in [0, 0.05) is 29.9 Å². The fraction of sp³-hybridized carbons (Fsp3) is 0.227. The van der Waals surface area contributed by atoms with Crippen LogP contribution in [0, 0.1) is 6.92 Å². The topological polar surface area (TPSA) is 71.5 Å². The number of hydrogen-bond acceptors (Lipinski definition) is 7. The highest BCUT2D eigenvalue weighted by Gasteiger charge is 2.23. The van der Waals surface area contributed by atoms with Gasteiger partial charge in [0.05, 0.1) is 23.4 Å². The van der Waals surface area contributed by atoms with Gasteiger partial charge in [0.1, 0.15) is 9.71 Å². The van der Waals surface area contributed by atoms with Gasteiger partial charge in [-0.2, -0.15) is 0 Å². The van der Waals surface area contributed by atoms with E-state index in [1.54, 1.807) is 6.07 Å². The first-order valence-corrected chi connectivity index (χ1v) is 10.9. The van der Waals surface area contributed by atoms with Gasteiger partial charge in [-0.3, -0.25) is 9.69 Å². The minimum atomic E-state index is -0.503. The van der Waals surface area contributed by atoms with Crippen LogP contribution in [0.1, 0.15) is 29.9 Å². The van der Waals surface area contributed by atoms with Crippen LogP contribution in [0.15, 0.2) is 49.6 Å². The van der Waals surface area contributed by atoms with Crippen molar-refractivity contribution in [1.82, 2.24) is 9.88 Å². The van der Waals surface area contributed by atoms with Crippen molar-refractivity contribution in [2.75, 3.05) is 25.5 Å². The molecule has 1 amide bonds. The van der Waals surface area contributed by atoms with Crippen LogP contribution >= 0.6 is 22.7 Å². The Morgan fingerprint density at radius 1 is 1.17 bits per heavy atom. The Morgan fingerprint density at radius 3 is 2.50 bits per heavy atom. The van der Waals surface area contributed by atoms with Crippen LogP contribution in [0.3, 0.4) is 0 Å². The standard InChI is InChI=1S/C22H23N3O3S2/c1-5-11-25(12-6-2)13-15-8-9-16-18(19(22(27)28-4)30-21(16)23-15)24-20(26)17-10-7-14(3)29-17/h5-10H,1-2,11-13H2,3-4H3,(H,24,26). The number of ether oxygens (including phenoxy) is 1. The first-order chi connectivity index (χ1) is 14.5. The first-order valence-electron chi connectivity index (χ1n) is 9.29. The molecule has 0 radical (unpaired) electrons. The van der Waals surface area contributed by atoms with Gasteiger partial charge in [0.2, 0.25) is 0 Å². The number of carbonyl (C=O) groups is 2. The van der Waals surface area contributed by atoms with Crippen LogP contribution in [0.5, 0.6) is 0 Å². The summed E-state index contributed by atoms with van der Waals surface area (Å²) in [6.07, 6.45) is 3.67. The molecule has 156 valence electrons. The highest BCUT2D eigenvalue weighted by molar-refractivity contribution is 7.21. The molecule has 6 nitrogen and oxygen atoms in total. The minimum absolute atomic E-state index is 0.259. The zero-order chi connectivity index (χ0) is 21.7. The number of thiophene rings is 2. The van der Waals surface area contributed by atoms with Crippen LogP contribution in [-0.4, -0.2) is 42.0 Å². The second kappa shape index (κ2) is 9.80. The Bertz CT molecular complexity index is 1090. The normalized spacial score (nSPS) is 10.9. The molecule has 0 spiro atoms. The number of rotatable bonds is 9. The van der Waals surface area contributed by atoms with E-state index in [2.05, 4.69) is 23.4 Å². The summed E-state index contributed by atoms with van der Waals surface area (Å²) in [6, 6.07) is 7.45. The third kappa shape index (κ3) is 4.84.